The summed E-state index contributed by atoms with van der Waals surface area (Å²) in [6.07, 6.45) is 7.92. The van der Waals surface area contributed by atoms with Crippen molar-refractivity contribution in [3.63, 3.8) is 0 Å². The minimum absolute atomic E-state index is 0.479. The lowest BCUT2D eigenvalue weighted by atomic mass is 9.76. The molecule has 114 valence electrons. The molecule has 3 nitrogen and oxygen atoms in total. The van der Waals surface area contributed by atoms with E-state index in [9.17, 15) is 0 Å². The first-order valence-corrected chi connectivity index (χ1v) is 8.45. The lowest BCUT2D eigenvalue weighted by Gasteiger charge is -2.34. The van der Waals surface area contributed by atoms with Gasteiger partial charge >= 0.3 is 0 Å². The van der Waals surface area contributed by atoms with Gasteiger partial charge in [0.15, 0.2) is 0 Å². The zero-order chi connectivity index (χ0) is 14.5. The quantitative estimate of drug-likeness (QED) is 0.856. The van der Waals surface area contributed by atoms with Gasteiger partial charge in [0.05, 0.1) is 17.4 Å². The van der Waals surface area contributed by atoms with Crippen LogP contribution in [0.2, 0.25) is 0 Å². The third-order valence-electron chi connectivity index (χ3n) is 4.94. The average Bonchev–Trinajstić information content (AvgIpc) is 2.86. The fourth-order valence-corrected chi connectivity index (χ4v) is 3.75. The molecule has 1 N–H and O–H groups in total. The van der Waals surface area contributed by atoms with Crippen molar-refractivity contribution in [3.05, 3.63) is 17.5 Å². The summed E-state index contributed by atoms with van der Waals surface area (Å²) in [7, 11) is 2.10. The summed E-state index contributed by atoms with van der Waals surface area (Å²) in [5.41, 5.74) is 2.60. The van der Waals surface area contributed by atoms with Crippen molar-refractivity contribution in [2.75, 3.05) is 6.54 Å². The van der Waals surface area contributed by atoms with Crippen LogP contribution in [-0.4, -0.2) is 16.3 Å². The largest absolute Gasteiger partial charge is 0.309 e. The van der Waals surface area contributed by atoms with Crippen molar-refractivity contribution in [3.8, 4) is 0 Å². The Balaban J connectivity index is 2.18. The summed E-state index contributed by atoms with van der Waals surface area (Å²) in [5.74, 6) is 1.70. The molecule has 1 aromatic heterocycles. The predicted molar refractivity (Wildman–Crippen MR) is 84.7 cm³/mol. The summed E-state index contributed by atoms with van der Waals surface area (Å²) in [4.78, 5) is 0. The van der Waals surface area contributed by atoms with E-state index in [1.165, 1.54) is 43.5 Å². The highest BCUT2D eigenvalue weighted by Crippen LogP contribution is 2.38. The lowest BCUT2D eigenvalue weighted by molar-refractivity contribution is 0.205. The Bertz CT molecular complexity index is 410. The Labute approximate surface area is 124 Å². The predicted octanol–water partition coefficient (Wildman–Crippen LogP) is 3.85. The molecule has 0 aromatic carbocycles. The molecule has 0 amide bonds. The molecule has 0 bridgehead atoms. The number of nitrogens with one attached hydrogen (secondary N) is 1. The van der Waals surface area contributed by atoms with Crippen molar-refractivity contribution in [1.29, 1.82) is 0 Å². The van der Waals surface area contributed by atoms with Crippen LogP contribution in [0.3, 0.4) is 0 Å². The standard InChI is InChI=1S/C17H31N3/c1-5-13-9-8-10-14(11-13)17(18-7-3)16-12-15(6-2)19-20(16)4/h12-14,17-18H,5-11H2,1-4H3. The average molecular weight is 277 g/mol. The summed E-state index contributed by atoms with van der Waals surface area (Å²) in [5, 5.41) is 8.37. The highest BCUT2D eigenvalue weighted by Gasteiger charge is 2.30. The molecule has 3 unspecified atom stereocenters. The van der Waals surface area contributed by atoms with Crippen LogP contribution < -0.4 is 5.32 Å². The van der Waals surface area contributed by atoms with Crippen LogP contribution in [-0.2, 0) is 13.5 Å². The van der Waals surface area contributed by atoms with E-state index in [-0.39, 0.29) is 0 Å². The van der Waals surface area contributed by atoms with E-state index in [0.717, 1.165) is 24.8 Å². The van der Waals surface area contributed by atoms with Crippen LogP contribution >= 0.6 is 0 Å². The van der Waals surface area contributed by atoms with E-state index in [0.29, 0.717) is 6.04 Å². The minimum Gasteiger partial charge on any atom is -0.309 e. The van der Waals surface area contributed by atoms with Crippen molar-refractivity contribution in [2.24, 2.45) is 18.9 Å². The highest BCUT2D eigenvalue weighted by molar-refractivity contribution is 5.15. The smallest absolute Gasteiger partial charge is 0.0625 e. The van der Waals surface area contributed by atoms with E-state index >= 15 is 0 Å². The van der Waals surface area contributed by atoms with Gasteiger partial charge in [-0.15, -0.1) is 0 Å². The monoisotopic (exact) mass is 277 g/mol. The van der Waals surface area contributed by atoms with Gasteiger partial charge in [-0.25, -0.2) is 0 Å². The molecule has 1 aliphatic carbocycles. The second kappa shape index (κ2) is 7.26. The molecule has 2 rings (SSSR count). The van der Waals surface area contributed by atoms with Gasteiger partial charge in [-0.05, 0) is 43.7 Å². The molecule has 3 heteroatoms. The summed E-state index contributed by atoms with van der Waals surface area (Å²) >= 11 is 0. The first-order valence-electron chi connectivity index (χ1n) is 8.45. The van der Waals surface area contributed by atoms with Gasteiger partial charge < -0.3 is 5.32 Å². The number of nitrogens with zero attached hydrogens (tertiary/aromatic N) is 2. The van der Waals surface area contributed by atoms with E-state index in [1.54, 1.807) is 0 Å². The second-order valence-electron chi connectivity index (χ2n) is 6.27. The number of hydrogen-bond acceptors (Lipinski definition) is 2. The Hall–Kier alpha value is -0.830. The van der Waals surface area contributed by atoms with Gasteiger partial charge in [0, 0.05) is 7.05 Å². The number of aromatic nitrogens is 2. The molecular formula is C17H31N3. The minimum atomic E-state index is 0.479. The fourth-order valence-electron chi connectivity index (χ4n) is 3.75. The zero-order valence-corrected chi connectivity index (χ0v) is 13.7. The molecule has 0 saturated heterocycles. The number of rotatable bonds is 6. The van der Waals surface area contributed by atoms with E-state index in [1.807, 2.05) is 0 Å². The maximum Gasteiger partial charge on any atom is 0.0625 e. The van der Waals surface area contributed by atoms with Gasteiger partial charge in [0.25, 0.3) is 0 Å². The molecular weight excluding hydrogens is 246 g/mol. The molecule has 0 radical (unpaired) electrons. The van der Waals surface area contributed by atoms with Crippen LogP contribution in [0.4, 0.5) is 0 Å². The number of aryl methyl sites for hydroxylation is 2. The summed E-state index contributed by atoms with van der Waals surface area (Å²) in [6.45, 7) is 7.77. The summed E-state index contributed by atoms with van der Waals surface area (Å²) < 4.78 is 2.10. The molecule has 1 saturated carbocycles. The zero-order valence-electron chi connectivity index (χ0n) is 13.7. The molecule has 20 heavy (non-hydrogen) atoms. The second-order valence-corrected chi connectivity index (χ2v) is 6.27. The maximum atomic E-state index is 4.64. The van der Waals surface area contributed by atoms with E-state index in [2.05, 4.69) is 49.0 Å². The maximum absolute atomic E-state index is 4.64. The molecule has 3 atom stereocenters. The van der Waals surface area contributed by atoms with Crippen LogP contribution in [0.5, 0.6) is 0 Å². The topological polar surface area (TPSA) is 29.9 Å². The van der Waals surface area contributed by atoms with Gasteiger partial charge in [-0.1, -0.05) is 40.0 Å². The molecule has 1 heterocycles. The molecule has 1 fully saturated rings. The Morgan fingerprint density at radius 2 is 2.15 bits per heavy atom. The molecule has 1 aromatic rings. The molecule has 1 aliphatic rings. The number of hydrogen-bond donors (Lipinski definition) is 1. The van der Waals surface area contributed by atoms with Crippen LogP contribution in [0.1, 0.15) is 70.3 Å². The van der Waals surface area contributed by atoms with Gasteiger partial charge in [-0.2, -0.15) is 5.10 Å². The molecule has 0 aliphatic heterocycles. The van der Waals surface area contributed by atoms with Gasteiger partial charge in [0.2, 0.25) is 0 Å². The normalized spacial score (nSPS) is 24.8. The van der Waals surface area contributed by atoms with Crippen LogP contribution in [0, 0.1) is 11.8 Å². The van der Waals surface area contributed by atoms with E-state index < -0.39 is 0 Å². The third-order valence-corrected chi connectivity index (χ3v) is 4.94. The van der Waals surface area contributed by atoms with Gasteiger partial charge in [-0.3, -0.25) is 4.68 Å². The summed E-state index contributed by atoms with van der Waals surface area (Å²) in [6, 6.07) is 2.79. The highest BCUT2D eigenvalue weighted by atomic mass is 15.3. The van der Waals surface area contributed by atoms with Crippen molar-refractivity contribution >= 4 is 0 Å². The SMILES string of the molecule is CCNC(c1cc(CC)nn1C)C1CCCC(CC)C1. The Kier molecular flexibility index (Phi) is 5.64. The third kappa shape index (κ3) is 3.43. The van der Waals surface area contributed by atoms with Crippen molar-refractivity contribution in [2.45, 2.75) is 65.3 Å². The Morgan fingerprint density at radius 1 is 1.35 bits per heavy atom. The lowest BCUT2D eigenvalue weighted by Crippen LogP contribution is -2.33. The first-order chi connectivity index (χ1) is 9.69. The Morgan fingerprint density at radius 3 is 2.75 bits per heavy atom. The first kappa shape index (κ1) is 15.6. The van der Waals surface area contributed by atoms with Crippen LogP contribution in [0.15, 0.2) is 6.07 Å². The molecule has 0 spiro atoms. The van der Waals surface area contributed by atoms with Crippen molar-refractivity contribution in [1.82, 2.24) is 15.1 Å². The van der Waals surface area contributed by atoms with Gasteiger partial charge in [0.1, 0.15) is 0 Å². The van der Waals surface area contributed by atoms with Crippen molar-refractivity contribution < 1.29 is 0 Å². The van der Waals surface area contributed by atoms with Crippen LogP contribution in [0.25, 0.3) is 0 Å². The fraction of sp³-hybridized carbons (Fsp3) is 0.824. The van der Waals surface area contributed by atoms with E-state index in [4.69, 9.17) is 0 Å².